The standard InChI is InChI=1S/C21H16N6OS/c1-12-11-13(2)27-21(22-12)25-18(26-27)19(28)23-15-9-7-14(8-10-15)20-24-16-5-3-4-6-17(16)29-20/h3-11H,1-2H3,(H,23,28). The molecule has 2 aromatic carbocycles. The molecule has 7 nitrogen and oxygen atoms in total. The largest absolute Gasteiger partial charge is 0.319 e. The number of aryl methyl sites for hydroxylation is 2. The summed E-state index contributed by atoms with van der Waals surface area (Å²) >= 11 is 1.64. The smallest absolute Gasteiger partial charge is 0.295 e. The lowest BCUT2D eigenvalue weighted by atomic mass is 10.2. The van der Waals surface area contributed by atoms with Gasteiger partial charge in [-0.3, -0.25) is 4.79 Å². The van der Waals surface area contributed by atoms with Crippen LogP contribution in [0.3, 0.4) is 0 Å². The Morgan fingerprint density at radius 3 is 2.59 bits per heavy atom. The Labute approximate surface area is 170 Å². The molecule has 3 heterocycles. The summed E-state index contributed by atoms with van der Waals surface area (Å²) in [6, 6.07) is 17.5. The molecule has 3 aromatic heterocycles. The van der Waals surface area contributed by atoms with Gasteiger partial charge in [0, 0.05) is 22.6 Å². The maximum atomic E-state index is 12.6. The van der Waals surface area contributed by atoms with Gasteiger partial charge in [0.2, 0.25) is 5.82 Å². The predicted octanol–water partition coefficient (Wildman–Crippen LogP) is 4.27. The maximum Gasteiger partial charge on any atom is 0.295 e. The van der Waals surface area contributed by atoms with E-state index >= 15 is 0 Å². The zero-order valence-corrected chi connectivity index (χ0v) is 16.6. The van der Waals surface area contributed by atoms with Gasteiger partial charge in [-0.1, -0.05) is 12.1 Å². The van der Waals surface area contributed by atoms with Crippen molar-refractivity contribution in [3.63, 3.8) is 0 Å². The molecule has 1 amide bonds. The molecule has 0 saturated heterocycles. The van der Waals surface area contributed by atoms with Gasteiger partial charge in [0.1, 0.15) is 5.01 Å². The zero-order valence-electron chi connectivity index (χ0n) is 15.7. The van der Waals surface area contributed by atoms with Crippen LogP contribution in [0.15, 0.2) is 54.6 Å². The van der Waals surface area contributed by atoms with E-state index in [4.69, 9.17) is 0 Å². The minimum atomic E-state index is -0.375. The number of fused-ring (bicyclic) bond motifs is 2. The highest BCUT2D eigenvalue weighted by Gasteiger charge is 2.15. The highest BCUT2D eigenvalue weighted by Crippen LogP contribution is 2.30. The molecule has 142 valence electrons. The van der Waals surface area contributed by atoms with Crippen LogP contribution in [0.4, 0.5) is 5.69 Å². The third-order valence-electron chi connectivity index (χ3n) is 4.50. The molecule has 5 aromatic rings. The van der Waals surface area contributed by atoms with Crippen LogP contribution in [0.5, 0.6) is 0 Å². The summed E-state index contributed by atoms with van der Waals surface area (Å²) in [4.78, 5) is 25.8. The molecule has 1 N–H and O–H groups in total. The fourth-order valence-corrected chi connectivity index (χ4v) is 4.11. The van der Waals surface area contributed by atoms with Crippen LogP contribution in [0.2, 0.25) is 0 Å². The summed E-state index contributed by atoms with van der Waals surface area (Å²) in [5.41, 5.74) is 4.37. The first-order chi connectivity index (χ1) is 14.1. The summed E-state index contributed by atoms with van der Waals surface area (Å²) in [5, 5.41) is 8.05. The van der Waals surface area contributed by atoms with Crippen molar-refractivity contribution in [3.05, 3.63) is 71.8 Å². The summed E-state index contributed by atoms with van der Waals surface area (Å²) in [7, 11) is 0. The number of nitrogens with zero attached hydrogens (tertiary/aromatic N) is 5. The number of thiazole rings is 1. The first-order valence-corrected chi connectivity index (χ1v) is 9.87. The third-order valence-corrected chi connectivity index (χ3v) is 5.59. The van der Waals surface area contributed by atoms with E-state index in [9.17, 15) is 4.79 Å². The number of rotatable bonds is 3. The second kappa shape index (κ2) is 6.75. The van der Waals surface area contributed by atoms with Gasteiger partial charge < -0.3 is 5.32 Å². The molecule has 0 aliphatic carbocycles. The number of hydrogen-bond donors (Lipinski definition) is 1. The Balaban J connectivity index is 1.38. The molecule has 0 spiro atoms. The molecule has 0 aliphatic rings. The quantitative estimate of drug-likeness (QED) is 0.489. The van der Waals surface area contributed by atoms with Gasteiger partial charge in [0.25, 0.3) is 11.7 Å². The average Bonchev–Trinajstić information content (AvgIpc) is 3.33. The van der Waals surface area contributed by atoms with Gasteiger partial charge in [-0.25, -0.2) is 14.5 Å². The maximum absolute atomic E-state index is 12.6. The van der Waals surface area contributed by atoms with Crippen molar-refractivity contribution < 1.29 is 4.79 Å². The summed E-state index contributed by atoms with van der Waals surface area (Å²) in [6.07, 6.45) is 0. The minimum Gasteiger partial charge on any atom is -0.319 e. The number of carbonyl (C=O) groups excluding carboxylic acids is 1. The van der Waals surface area contributed by atoms with Gasteiger partial charge in [-0.05, 0) is 56.3 Å². The van der Waals surface area contributed by atoms with Crippen molar-refractivity contribution in [2.24, 2.45) is 0 Å². The van der Waals surface area contributed by atoms with Crippen LogP contribution in [0, 0.1) is 13.8 Å². The van der Waals surface area contributed by atoms with E-state index in [1.807, 2.05) is 62.4 Å². The van der Waals surface area contributed by atoms with E-state index in [1.165, 1.54) is 0 Å². The van der Waals surface area contributed by atoms with E-state index in [2.05, 4.69) is 31.4 Å². The van der Waals surface area contributed by atoms with Gasteiger partial charge in [-0.15, -0.1) is 16.4 Å². The van der Waals surface area contributed by atoms with Crippen LogP contribution in [-0.4, -0.2) is 30.5 Å². The molecule has 0 atom stereocenters. The van der Waals surface area contributed by atoms with Gasteiger partial charge in [0.15, 0.2) is 0 Å². The first kappa shape index (κ1) is 17.4. The molecule has 8 heteroatoms. The third kappa shape index (κ3) is 3.23. The number of carbonyl (C=O) groups is 1. The molecule has 0 saturated carbocycles. The van der Waals surface area contributed by atoms with E-state index < -0.39 is 0 Å². The van der Waals surface area contributed by atoms with E-state index in [0.717, 1.165) is 32.2 Å². The van der Waals surface area contributed by atoms with Crippen LogP contribution >= 0.6 is 11.3 Å². The highest BCUT2D eigenvalue weighted by molar-refractivity contribution is 7.21. The Morgan fingerprint density at radius 2 is 1.79 bits per heavy atom. The lowest BCUT2D eigenvalue weighted by Crippen LogP contribution is -2.14. The second-order valence-corrected chi connectivity index (χ2v) is 7.73. The molecule has 29 heavy (non-hydrogen) atoms. The number of anilines is 1. The van der Waals surface area contributed by atoms with Crippen LogP contribution in [0.1, 0.15) is 22.0 Å². The van der Waals surface area contributed by atoms with Crippen LogP contribution in [0.25, 0.3) is 26.6 Å². The number of hydrogen-bond acceptors (Lipinski definition) is 6. The Morgan fingerprint density at radius 1 is 1.00 bits per heavy atom. The molecule has 5 rings (SSSR count). The van der Waals surface area contributed by atoms with Crippen molar-refractivity contribution in [3.8, 4) is 10.6 Å². The normalized spacial score (nSPS) is 11.2. The van der Waals surface area contributed by atoms with Gasteiger partial charge in [-0.2, -0.15) is 4.98 Å². The first-order valence-electron chi connectivity index (χ1n) is 9.05. The van der Waals surface area contributed by atoms with E-state index in [0.29, 0.717) is 11.5 Å². The Kier molecular flexibility index (Phi) is 4.06. The monoisotopic (exact) mass is 400 g/mol. The molecule has 0 aliphatic heterocycles. The lowest BCUT2D eigenvalue weighted by Gasteiger charge is -2.03. The Bertz CT molecular complexity index is 1340. The lowest BCUT2D eigenvalue weighted by molar-refractivity contribution is 0.101. The average molecular weight is 400 g/mol. The Hall–Kier alpha value is -3.65. The van der Waals surface area contributed by atoms with Crippen LogP contribution in [-0.2, 0) is 0 Å². The van der Waals surface area contributed by atoms with Gasteiger partial charge in [0.05, 0.1) is 10.2 Å². The molecule has 0 unspecified atom stereocenters. The SMILES string of the molecule is Cc1cc(C)n2nc(C(=O)Nc3ccc(-c4nc5ccccc5s4)cc3)nc2n1. The number of para-hydroxylation sites is 1. The molecular formula is C21H16N6OS. The fraction of sp³-hybridized carbons (Fsp3) is 0.0952. The molecule has 0 fully saturated rings. The number of benzene rings is 2. The van der Waals surface area contributed by atoms with Crippen molar-refractivity contribution >= 4 is 38.9 Å². The van der Waals surface area contributed by atoms with Crippen molar-refractivity contribution in [2.45, 2.75) is 13.8 Å². The van der Waals surface area contributed by atoms with E-state index in [1.54, 1.807) is 15.9 Å². The zero-order chi connectivity index (χ0) is 20.0. The van der Waals surface area contributed by atoms with Crippen molar-refractivity contribution in [1.82, 2.24) is 24.6 Å². The van der Waals surface area contributed by atoms with Crippen molar-refractivity contribution in [1.29, 1.82) is 0 Å². The summed E-state index contributed by atoms with van der Waals surface area (Å²) < 4.78 is 2.72. The predicted molar refractivity (Wildman–Crippen MR) is 113 cm³/mol. The summed E-state index contributed by atoms with van der Waals surface area (Å²) in [6.45, 7) is 3.78. The summed E-state index contributed by atoms with van der Waals surface area (Å²) in [5.74, 6) is 0.126. The second-order valence-electron chi connectivity index (χ2n) is 6.70. The highest BCUT2D eigenvalue weighted by atomic mass is 32.1. The number of amides is 1. The van der Waals surface area contributed by atoms with Gasteiger partial charge >= 0.3 is 0 Å². The van der Waals surface area contributed by atoms with E-state index in [-0.39, 0.29) is 11.7 Å². The van der Waals surface area contributed by atoms with Crippen molar-refractivity contribution in [2.75, 3.05) is 5.32 Å². The topological polar surface area (TPSA) is 85.1 Å². The molecular weight excluding hydrogens is 384 g/mol. The fourth-order valence-electron chi connectivity index (χ4n) is 3.14. The molecule has 0 radical (unpaired) electrons. The molecule has 0 bridgehead atoms. The minimum absolute atomic E-state index is 0.0847. The number of aromatic nitrogens is 5. The van der Waals surface area contributed by atoms with Crippen LogP contribution < -0.4 is 5.32 Å². The number of nitrogens with one attached hydrogen (secondary N) is 1.